The highest BCUT2D eigenvalue weighted by molar-refractivity contribution is 5.54. The molecule has 0 aliphatic carbocycles. The number of nitrogens with zero attached hydrogens (tertiary/aromatic N) is 4. The first-order chi connectivity index (χ1) is 11.6. The molecule has 122 valence electrons. The third-order valence-corrected chi connectivity index (χ3v) is 3.55. The van der Waals surface area contributed by atoms with Gasteiger partial charge in [-0.1, -0.05) is 24.3 Å². The number of nitro groups is 1. The summed E-state index contributed by atoms with van der Waals surface area (Å²) in [6.07, 6.45) is 0.139. The van der Waals surface area contributed by atoms with E-state index in [4.69, 9.17) is 5.73 Å². The van der Waals surface area contributed by atoms with Gasteiger partial charge in [-0.3, -0.25) is 25.5 Å². The number of pyridine rings is 1. The zero-order valence-electron chi connectivity index (χ0n) is 12.5. The molecule has 0 spiro atoms. The van der Waals surface area contributed by atoms with E-state index in [1.54, 1.807) is 42.6 Å². The molecule has 0 bridgehead atoms. The first-order valence-corrected chi connectivity index (χ1v) is 7.18. The van der Waals surface area contributed by atoms with Crippen LogP contribution >= 0.6 is 0 Å². The maximum absolute atomic E-state index is 13.9. The Kier molecular flexibility index (Phi) is 4.30. The smallest absolute Gasteiger partial charge is 0.263 e. The Hall–Kier alpha value is -3.13. The van der Waals surface area contributed by atoms with Crippen molar-refractivity contribution in [1.82, 2.24) is 14.8 Å². The second kappa shape index (κ2) is 6.55. The molecule has 2 N–H and O–H groups in total. The van der Waals surface area contributed by atoms with Gasteiger partial charge in [0.25, 0.3) is 0 Å². The highest BCUT2D eigenvalue weighted by Crippen LogP contribution is 2.22. The second-order valence-corrected chi connectivity index (χ2v) is 5.15. The Labute approximate surface area is 136 Å². The number of nitrogens with two attached hydrogens (primary N) is 1. The Morgan fingerprint density at radius 1 is 1.21 bits per heavy atom. The minimum absolute atomic E-state index is 0.0381. The fraction of sp³-hybridized carbons (Fsp3) is 0.125. The Bertz CT molecular complexity index is 866. The first kappa shape index (κ1) is 15.8. The van der Waals surface area contributed by atoms with Gasteiger partial charge in [0.05, 0.1) is 12.2 Å². The normalized spacial score (nSPS) is 12.1. The van der Waals surface area contributed by atoms with Crippen LogP contribution in [0.5, 0.6) is 0 Å². The first-order valence-electron chi connectivity index (χ1n) is 7.18. The van der Waals surface area contributed by atoms with Gasteiger partial charge in [-0.15, -0.1) is 0 Å². The van der Waals surface area contributed by atoms with E-state index in [9.17, 15) is 14.5 Å². The van der Waals surface area contributed by atoms with Crippen LogP contribution in [-0.2, 0) is 6.54 Å². The molecule has 2 heterocycles. The summed E-state index contributed by atoms with van der Waals surface area (Å²) in [4.78, 5) is 14.6. The van der Waals surface area contributed by atoms with Crippen molar-refractivity contribution in [3.05, 3.63) is 81.9 Å². The predicted octanol–water partition coefficient (Wildman–Crippen LogP) is 2.37. The van der Waals surface area contributed by atoms with Crippen LogP contribution < -0.4 is 5.73 Å². The number of hydrogen-bond acceptors (Lipinski definition) is 5. The lowest BCUT2D eigenvalue weighted by atomic mass is 10.2. The Balaban J connectivity index is 2.04. The monoisotopic (exact) mass is 327 g/mol. The molecule has 0 aliphatic rings. The largest absolute Gasteiger partial charge is 0.305 e. The van der Waals surface area contributed by atoms with Crippen LogP contribution in [-0.4, -0.2) is 19.7 Å². The van der Waals surface area contributed by atoms with E-state index in [0.29, 0.717) is 17.0 Å². The van der Waals surface area contributed by atoms with Gasteiger partial charge in [0.1, 0.15) is 17.2 Å². The van der Waals surface area contributed by atoms with Crippen molar-refractivity contribution >= 4 is 0 Å². The average molecular weight is 327 g/mol. The van der Waals surface area contributed by atoms with Gasteiger partial charge in [-0.2, -0.15) is 5.10 Å². The Morgan fingerprint density at radius 2 is 1.96 bits per heavy atom. The summed E-state index contributed by atoms with van der Waals surface area (Å²) in [5.74, 6) is -0.409. The summed E-state index contributed by atoms with van der Waals surface area (Å²) in [6, 6.07) is 13.0. The Morgan fingerprint density at radius 3 is 2.62 bits per heavy atom. The van der Waals surface area contributed by atoms with Crippen LogP contribution in [0.1, 0.15) is 17.4 Å². The van der Waals surface area contributed by atoms with E-state index in [0.717, 1.165) is 0 Å². The molecule has 3 aromatic rings. The highest BCUT2D eigenvalue weighted by Gasteiger charge is 2.24. The molecule has 1 aromatic carbocycles. The van der Waals surface area contributed by atoms with Gasteiger partial charge >= 0.3 is 6.17 Å². The predicted molar refractivity (Wildman–Crippen MR) is 84.9 cm³/mol. The average Bonchev–Trinajstić information content (AvgIpc) is 3.01. The van der Waals surface area contributed by atoms with Gasteiger partial charge in [-0.05, 0) is 24.3 Å². The topological polar surface area (TPSA) is 99.9 Å². The van der Waals surface area contributed by atoms with Crippen LogP contribution in [0.15, 0.2) is 54.7 Å². The van der Waals surface area contributed by atoms with E-state index < -0.39 is 16.9 Å². The molecule has 1 unspecified atom stereocenters. The molecule has 7 nitrogen and oxygen atoms in total. The molecule has 1 atom stereocenters. The van der Waals surface area contributed by atoms with E-state index in [1.807, 2.05) is 0 Å². The number of halogens is 1. The van der Waals surface area contributed by atoms with Crippen LogP contribution in [0.2, 0.25) is 0 Å². The zero-order chi connectivity index (χ0) is 17.1. The van der Waals surface area contributed by atoms with E-state index in [1.165, 1.54) is 16.8 Å². The number of benzene rings is 1. The van der Waals surface area contributed by atoms with Crippen molar-refractivity contribution in [2.24, 2.45) is 5.73 Å². The summed E-state index contributed by atoms with van der Waals surface area (Å²) >= 11 is 0. The van der Waals surface area contributed by atoms with Crippen LogP contribution in [0.4, 0.5) is 4.39 Å². The van der Waals surface area contributed by atoms with Crippen LogP contribution in [0.25, 0.3) is 11.4 Å². The maximum atomic E-state index is 13.9. The summed E-state index contributed by atoms with van der Waals surface area (Å²) in [7, 11) is 0. The second-order valence-electron chi connectivity index (χ2n) is 5.15. The number of aromatic nitrogens is 3. The van der Waals surface area contributed by atoms with E-state index >= 15 is 0 Å². The fourth-order valence-electron chi connectivity index (χ4n) is 2.33. The van der Waals surface area contributed by atoms with Gasteiger partial charge in [0.2, 0.25) is 0 Å². The molecule has 0 saturated carbocycles. The van der Waals surface area contributed by atoms with Gasteiger partial charge in [0.15, 0.2) is 0 Å². The molecule has 2 aromatic heterocycles. The van der Waals surface area contributed by atoms with Crippen molar-refractivity contribution in [2.45, 2.75) is 12.7 Å². The summed E-state index contributed by atoms with van der Waals surface area (Å²) < 4.78 is 15.2. The highest BCUT2D eigenvalue weighted by atomic mass is 19.1. The zero-order valence-corrected chi connectivity index (χ0v) is 12.5. The molecular weight excluding hydrogens is 313 g/mol. The van der Waals surface area contributed by atoms with Gasteiger partial charge in [-0.25, -0.2) is 4.39 Å². The van der Waals surface area contributed by atoms with Crippen molar-refractivity contribution in [1.29, 1.82) is 0 Å². The summed E-state index contributed by atoms with van der Waals surface area (Å²) in [5, 5.41) is 15.4. The molecular formula is C16H14FN5O2. The minimum Gasteiger partial charge on any atom is -0.263 e. The maximum Gasteiger partial charge on any atom is 0.305 e. The lowest BCUT2D eigenvalue weighted by Crippen LogP contribution is -2.24. The number of rotatable bonds is 5. The molecule has 3 rings (SSSR count). The summed E-state index contributed by atoms with van der Waals surface area (Å²) in [6.45, 7) is 0.0381. The molecule has 0 radical (unpaired) electrons. The van der Waals surface area contributed by atoms with Crippen LogP contribution in [0, 0.1) is 15.9 Å². The third kappa shape index (κ3) is 3.13. The van der Waals surface area contributed by atoms with Crippen LogP contribution in [0.3, 0.4) is 0 Å². The fourth-order valence-corrected chi connectivity index (χ4v) is 2.33. The van der Waals surface area contributed by atoms with E-state index in [-0.39, 0.29) is 12.2 Å². The molecule has 0 amide bonds. The van der Waals surface area contributed by atoms with Crippen molar-refractivity contribution < 1.29 is 9.31 Å². The van der Waals surface area contributed by atoms with Crippen molar-refractivity contribution in [2.75, 3.05) is 0 Å². The van der Waals surface area contributed by atoms with Gasteiger partial charge < -0.3 is 0 Å². The molecule has 24 heavy (non-hydrogen) atoms. The summed E-state index contributed by atoms with van der Waals surface area (Å²) in [5.41, 5.74) is 7.20. The van der Waals surface area contributed by atoms with E-state index in [2.05, 4.69) is 10.1 Å². The lowest BCUT2D eigenvalue weighted by molar-refractivity contribution is -0.529. The van der Waals surface area contributed by atoms with Crippen molar-refractivity contribution in [3.8, 4) is 11.4 Å². The SMILES string of the molecule is NC(c1cc(-c2ccccn2)nn1Cc1ccccc1F)[N+](=O)[O-]. The molecule has 0 saturated heterocycles. The van der Waals surface area contributed by atoms with Crippen molar-refractivity contribution in [3.63, 3.8) is 0 Å². The molecule has 8 heteroatoms. The lowest BCUT2D eigenvalue weighted by Gasteiger charge is -2.09. The standard InChI is InChI=1S/C16H14FN5O2/c17-12-6-2-1-5-11(12)10-21-15(16(18)22(23)24)9-14(20-21)13-7-3-4-8-19-13/h1-9,16H,10,18H2. The minimum atomic E-state index is -1.46. The number of hydrogen-bond donors (Lipinski definition) is 1. The molecule has 0 fully saturated rings. The molecule has 0 aliphatic heterocycles. The quantitative estimate of drug-likeness (QED) is 0.440. The third-order valence-electron chi connectivity index (χ3n) is 3.55. The van der Waals surface area contributed by atoms with Gasteiger partial charge in [0, 0.05) is 16.7 Å².